The number of aliphatic hydroxyl groups is 3. The molecule has 208 valence electrons. The van der Waals surface area contributed by atoms with Gasteiger partial charge in [-0.25, -0.2) is 14.4 Å². The number of benzene rings is 3. The van der Waals surface area contributed by atoms with Crippen molar-refractivity contribution in [1.82, 2.24) is 0 Å². The van der Waals surface area contributed by atoms with Crippen molar-refractivity contribution in [2.24, 2.45) is 5.73 Å². The van der Waals surface area contributed by atoms with Crippen LogP contribution in [-0.4, -0.2) is 84.6 Å². The van der Waals surface area contributed by atoms with Crippen molar-refractivity contribution < 1.29 is 49.8 Å². The van der Waals surface area contributed by atoms with E-state index in [1.807, 2.05) is 0 Å². The van der Waals surface area contributed by atoms with Gasteiger partial charge >= 0.3 is 17.9 Å². The maximum Gasteiger partial charge on any atom is 0.335 e. The van der Waals surface area contributed by atoms with Crippen LogP contribution in [0.15, 0.2) is 91.0 Å². The van der Waals surface area contributed by atoms with Gasteiger partial charge in [0, 0.05) is 0 Å². The largest absolute Gasteiger partial charge is 0.478 e. The summed E-state index contributed by atoms with van der Waals surface area (Å²) < 4.78 is 4.98. The number of aliphatic hydroxyl groups excluding tert-OH is 3. The molecule has 0 unspecified atom stereocenters. The lowest BCUT2D eigenvalue weighted by atomic mass is 10.1. The summed E-state index contributed by atoms with van der Waals surface area (Å²) in [5, 5.41) is 52.3. The molecule has 0 amide bonds. The Morgan fingerprint density at radius 1 is 0.667 bits per heavy atom. The molecule has 3 aromatic rings. The minimum absolute atomic E-state index is 0.0162. The van der Waals surface area contributed by atoms with Gasteiger partial charge in [0.1, 0.15) is 29.4 Å². The van der Waals surface area contributed by atoms with Gasteiger partial charge in [0.15, 0.2) is 0 Å². The Bertz CT molecular complexity index is 1060. The third kappa shape index (κ3) is 11.8. The van der Waals surface area contributed by atoms with E-state index in [0.717, 1.165) is 0 Å². The minimum Gasteiger partial charge on any atom is -0.478 e. The van der Waals surface area contributed by atoms with E-state index in [4.69, 9.17) is 30.9 Å². The number of thiocarbonyl (C=S) groups is 1. The molecule has 1 aliphatic heterocycles. The second-order valence-electron chi connectivity index (χ2n) is 7.67. The number of aromatic carboxylic acids is 3. The molecule has 12 heteroatoms. The van der Waals surface area contributed by atoms with E-state index in [2.05, 4.69) is 12.2 Å². The van der Waals surface area contributed by atoms with Crippen molar-refractivity contribution in [3.05, 3.63) is 108 Å². The first-order chi connectivity index (χ1) is 18.5. The Labute approximate surface area is 229 Å². The van der Waals surface area contributed by atoms with Crippen LogP contribution in [0.2, 0.25) is 0 Å². The minimum atomic E-state index is -1.14. The molecular weight excluding hydrogens is 530 g/mol. The zero-order chi connectivity index (χ0) is 29.4. The van der Waals surface area contributed by atoms with Gasteiger partial charge in [-0.15, -0.1) is 0 Å². The van der Waals surface area contributed by atoms with E-state index in [9.17, 15) is 24.6 Å². The zero-order valence-corrected chi connectivity index (χ0v) is 21.3. The van der Waals surface area contributed by atoms with E-state index in [1.54, 1.807) is 91.0 Å². The Kier molecular flexibility index (Phi) is 14.6. The van der Waals surface area contributed by atoms with Gasteiger partial charge in [0.05, 0.1) is 23.3 Å². The van der Waals surface area contributed by atoms with Crippen LogP contribution >= 0.6 is 12.2 Å². The van der Waals surface area contributed by atoms with Crippen molar-refractivity contribution in [2.45, 2.75) is 24.4 Å². The molecule has 39 heavy (non-hydrogen) atoms. The van der Waals surface area contributed by atoms with Crippen molar-refractivity contribution >= 4 is 35.1 Å². The molecule has 4 rings (SSSR count). The maximum absolute atomic E-state index is 10.2. The fourth-order valence-electron chi connectivity index (χ4n) is 2.88. The summed E-state index contributed by atoms with van der Waals surface area (Å²) in [6, 6.07) is 24.9. The van der Waals surface area contributed by atoms with Crippen LogP contribution in [0, 0.1) is 0 Å². The lowest BCUT2D eigenvalue weighted by Crippen LogP contribution is -2.39. The van der Waals surface area contributed by atoms with Crippen molar-refractivity contribution in [1.29, 1.82) is 0 Å². The lowest BCUT2D eigenvalue weighted by molar-refractivity contribution is -0.00987. The first-order valence-electron chi connectivity index (χ1n) is 11.3. The second-order valence-corrected chi connectivity index (χ2v) is 8.15. The predicted molar refractivity (Wildman–Crippen MR) is 145 cm³/mol. The molecule has 11 nitrogen and oxygen atoms in total. The summed E-state index contributed by atoms with van der Waals surface area (Å²) >= 11 is 4.59. The Hall–Kier alpha value is -4.20. The normalized spacial score (nSPS) is 18.9. The van der Waals surface area contributed by atoms with E-state index in [1.165, 1.54) is 0 Å². The van der Waals surface area contributed by atoms with Crippen LogP contribution in [0.3, 0.4) is 0 Å². The van der Waals surface area contributed by atoms with Crippen LogP contribution in [-0.2, 0) is 4.74 Å². The third-order valence-corrected chi connectivity index (χ3v) is 5.12. The standard InChI is InChI=1S/3C7H6O2.C6H11NO4S/c3*8-7(9)6-4-2-1-3-5-6;7-6(12)5-4(10)3(9)2(1-8)11-5/h3*1-5H,(H,8,9);2-5,8-10H,1H2,(H2,7,12)/t;;;2-,3-,4-,5-/m...1/s1. The number of rotatable bonds is 5. The maximum atomic E-state index is 10.2. The van der Waals surface area contributed by atoms with Crippen LogP contribution in [0.4, 0.5) is 0 Å². The van der Waals surface area contributed by atoms with Crippen LogP contribution in [0.5, 0.6) is 0 Å². The van der Waals surface area contributed by atoms with E-state index in [0.29, 0.717) is 16.7 Å². The van der Waals surface area contributed by atoms with Gasteiger partial charge in [-0.3, -0.25) is 0 Å². The Morgan fingerprint density at radius 3 is 1.13 bits per heavy atom. The van der Waals surface area contributed by atoms with Crippen molar-refractivity contribution in [2.75, 3.05) is 6.61 Å². The smallest absolute Gasteiger partial charge is 0.335 e. The summed E-state index contributed by atoms with van der Waals surface area (Å²) in [5.41, 5.74) is 6.21. The predicted octanol–water partition coefficient (Wildman–Crippen LogP) is 1.91. The van der Waals surface area contributed by atoms with Gasteiger partial charge in [-0.1, -0.05) is 66.8 Å². The molecule has 0 saturated carbocycles. The number of carboxylic acids is 3. The van der Waals surface area contributed by atoms with E-state index < -0.39 is 42.3 Å². The average Bonchev–Trinajstić information content (AvgIpc) is 3.24. The highest BCUT2D eigenvalue weighted by atomic mass is 32.1. The number of carboxylic acid groups (broad SMARTS) is 3. The highest BCUT2D eigenvalue weighted by molar-refractivity contribution is 7.80. The monoisotopic (exact) mass is 559 g/mol. The number of carbonyl (C=O) groups is 3. The summed E-state index contributed by atoms with van der Waals surface area (Å²) in [5.74, 6) is -2.64. The molecule has 0 radical (unpaired) electrons. The van der Waals surface area contributed by atoms with Crippen molar-refractivity contribution in [3.63, 3.8) is 0 Å². The van der Waals surface area contributed by atoms with Crippen LogP contribution in [0.1, 0.15) is 31.1 Å². The molecular formula is C27H29NO10S. The number of hydrogen-bond acceptors (Lipinski definition) is 8. The van der Waals surface area contributed by atoms with E-state index >= 15 is 0 Å². The van der Waals surface area contributed by atoms with E-state index in [-0.39, 0.29) is 11.6 Å². The van der Waals surface area contributed by atoms with Crippen molar-refractivity contribution in [3.8, 4) is 0 Å². The fraction of sp³-hybridized carbons (Fsp3) is 0.185. The molecule has 0 bridgehead atoms. The molecule has 4 atom stereocenters. The molecule has 0 aromatic heterocycles. The summed E-state index contributed by atoms with van der Waals surface area (Å²) in [6.45, 7) is -0.364. The van der Waals surface area contributed by atoms with Gasteiger partial charge in [0.2, 0.25) is 0 Å². The summed E-state index contributed by atoms with van der Waals surface area (Å²) in [4.78, 5) is 30.6. The molecule has 0 spiro atoms. The van der Waals surface area contributed by atoms with Crippen LogP contribution in [0.25, 0.3) is 0 Å². The lowest BCUT2D eigenvalue weighted by Gasteiger charge is -2.11. The zero-order valence-electron chi connectivity index (χ0n) is 20.5. The highest BCUT2D eigenvalue weighted by Crippen LogP contribution is 2.20. The average molecular weight is 560 g/mol. The first-order valence-corrected chi connectivity index (χ1v) is 11.7. The molecule has 1 aliphatic rings. The topological polar surface area (TPSA) is 208 Å². The molecule has 1 fully saturated rings. The third-order valence-electron chi connectivity index (χ3n) is 4.88. The van der Waals surface area contributed by atoms with Crippen LogP contribution < -0.4 is 5.73 Å². The highest BCUT2D eigenvalue weighted by Gasteiger charge is 2.43. The molecule has 0 aliphatic carbocycles. The fourth-order valence-corrected chi connectivity index (χ4v) is 3.07. The second kappa shape index (κ2) is 17.3. The summed E-state index contributed by atoms with van der Waals surface area (Å²) in [6.07, 6.45) is -3.92. The summed E-state index contributed by atoms with van der Waals surface area (Å²) in [7, 11) is 0. The molecule has 8 N–H and O–H groups in total. The van der Waals surface area contributed by atoms with Gasteiger partial charge in [-0.05, 0) is 36.4 Å². The number of ether oxygens (including phenoxy) is 1. The van der Waals surface area contributed by atoms with Gasteiger partial charge < -0.3 is 41.1 Å². The quantitative estimate of drug-likeness (QED) is 0.224. The Balaban J connectivity index is 0.000000262. The SMILES string of the molecule is NC(=S)[C@@H]1O[C@H](CO)[C@@H](O)[C@H]1O.O=C(O)c1ccccc1.O=C(O)c1ccccc1.O=C(O)c1ccccc1. The van der Waals surface area contributed by atoms with Gasteiger partial charge in [0.25, 0.3) is 0 Å². The number of hydrogen-bond donors (Lipinski definition) is 7. The number of nitrogens with two attached hydrogens (primary N) is 1. The first kappa shape index (κ1) is 32.8. The molecule has 1 saturated heterocycles. The Morgan fingerprint density at radius 2 is 0.974 bits per heavy atom. The molecule has 1 heterocycles. The van der Waals surface area contributed by atoms with Gasteiger partial charge in [-0.2, -0.15) is 0 Å². The molecule has 3 aromatic carbocycles.